The summed E-state index contributed by atoms with van der Waals surface area (Å²) in [6, 6.07) is 7.56. The van der Waals surface area contributed by atoms with Crippen LogP contribution in [0.3, 0.4) is 0 Å². The Balaban J connectivity index is 2.16. The van der Waals surface area contributed by atoms with Gasteiger partial charge in [-0.1, -0.05) is 18.2 Å². The fourth-order valence-electron chi connectivity index (χ4n) is 3.00. The van der Waals surface area contributed by atoms with E-state index in [9.17, 15) is 9.90 Å². The topological polar surface area (TPSA) is 72.5 Å². The predicted molar refractivity (Wildman–Crippen MR) is 73.6 cm³/mol. The van der Waals surface area contributed by atoms with Gasteiger partial charge in [0, 0.05) is 18.0 Å². The molecule has 1 saturated carbocycles. The molecule has 0 radical (unpaired) electrons. The zero-order valence-electron chi connectivity index (χ0n) is 11.2. The smallest absolute Gasteiger partial charge is 0.306 e. The van der Waals surface area contributed by atoms with E-state index in [-0.39, 0.29) is 17.8 Å². The third-order valence-electron chi connectivity index (χ3n) is 3.84. The number of benzene rings is 1. The quantitative estimate of drug-likeness (QED) is 0.644. The molecule has 0 aromatic heterocycles. The van der Waals surface area contributed by atoms with Crippen molar-refractivity contribution in [2.45, 2.75) is 38.2 Å². The number of anilines is 1. The summed E-state index contributed by atoms with van der Waals surface area (Å²) in [6.07, 6.45) is 1.47. The van der Waals surface area contributed by atoms with E-state index in [4.69, 9.17) is 10.5 Å². The monoisotopic (exact) mass is 263 g/mol. The zero-order chi connectivity index (χ0) is 13.8. The summed E-state index contributed by atoms with van der Waals surface area (Å²) < 4.78 is 5.00. The molecule has 1 aromatic carbocycles. The van der Waals surface area contributed by atoms with Gasteiger partial charge in [0.1, 0.15) is 0 Å². The molecule has 104 valence electrons. The van der Waals surface area contributed by atoms with Gasteiger partial charge in [-0.05, 0) is 37.3 Å². The van der Waals surface area contributed by atoms with Crippen molar-refractivity contribution >= 4 is 11.7 Å². The van der Waals surface area contributed by atoms with Crippen molar-refractivity contribution in [2.24, 2.45) is 5.92 Å². The first-order chi connectivity index (χ1) is 9.13. The summed E-state index contributed by atoms with van der Waals surface area (Å²) in [6.45, 7) is 2.19. The van der Waals surface area contributed by atoms with Crippen molar-refractivity contribution in [3.8, 4) is 0 Å². The van der Waals surface area contributed by atoms with E-state index in [0.717, 1.165) is 12.0 Å². The summed E-state index contributed by atoms with van der Waals surface area (Å²) in [5.74, 6) is -0.148. The fraction of sp³-hybridized carbons (Fsp3) is 0.533. The van der Waals surface area contributed by atoms with Crippen LogP contribution in [0, 0.1) is 5.92 Å². The number of rotatable bonds is 4. The fourth-order valence-corrected chi connectivity index (χ4v) is 3.00. The lowest BCUT2D eigenvalue weighted by atomic mass is 9.85. The predicted octanol–water partition coefficient (Wildman–Crippen LogP) is 2.08. The Hall–Kier alpha value is -1.55. The molecule has 19 heavy (non-hydrogen) atoms. The van der Waals surface area contributed by atoms with Gasteiger partial charge < -0.3 is 15.6 Å². The number of nitrogen functional groups attached to an aromatic ring is 1. The second kappa shape index (κ2) is 6.06. The number of aliphatic hydroxyl groups excluding tert-OH is 1. The van der Waals surface area contributed by atoms with E-state index in [1.165, 1.54) is 0 Å². The van der Waals surface area contributed by atoms with Crippen LogP contribution in [0.1, 0.15) is 37.7 Å². The first kappa shape index (κ1) is 13.9. The zero-order valence-corrected chi connectivity index (χ0v) is 11.2. The molecule has 3 atom stereocenters. The maximum Gasteiger partial charge on any atom is 0.306 e. The van der Waals surface area contributed by atoms with E-state index >= 15 is 0 Å². The minimum Gasteiger partial charge on any atom is -0.466 e. The van der Waals surface area contributed by atoms with Crippen LogP contribution in [-0.2, 0) is 9.53 Å². The van der Waals surface area contributed by atoms with Crippen LogP contribution in [0.2, 0.25) is 0 Å². The first-order valence-electron chi connectivity index (χ1n) is 6.81. The largest absolute Gasteiger partial charge is 0.466 e. The molecule has 0 aliphatic heterocycles. The first-order valence-corrected chi connectivity index (χ1v) is 6.81. The molecule has 1 fully saturated rings. The van der Waals surface area contributed by atoms with Crippen LogP contribution >= 0.6 is 0 Å². The molecule has 2 rings (SSSR count). The van der Waals surface area contributed by atoms with Gasteiger partial charge in [-0.25, -0.2) is 0 Å². The summed E-state index contributed by atoms with van der Waals surface area (Å²) in [5.41, 5.74) is 7.62. The van der Waals surface area contributed by atoms with E-state index in [2.05, 4.69) is 0 Å². The van der Waals surface area contributed by atoms with E-state index in [0.29, 0.717) is 25.1 Å². The van der Waals surface area contributed by atoms with E-state index in [1.54, 1.807) is 6.92 Å². The number of carbonyl (C=O) groups excluding carboxylic acids is 1. The van der Waals surface area contributed by atoms with Crippen molar-refractivity contribution in [2.75, 3.05) is 12.3 Å². The molecule has 1 aromatic rings. The minimum atomic E-state index is -0.427. The second-order valence-corrected chi connectivity index (χ2v) is 5.07. The molecular formula is C15H21NO3. The lowest BCUT2D eigenvalue weighted by molar-refractivity contribution is -0.144. The molecule has 0 bridgehead atoms. The van der Waals surface area contributed by atoms with Gasteiger partial charge in [0.25, 0.3) is 0 Å². The average Bonchev–Trinajstić information content (AvgIpc) is 2.72. The highest BCUT2D eigenvalue weighted by Crippen LogP contribution is 2.43. The van der Waals surface area contributed by atoms with Crippen LogP contribution in [-0.4, -0.2) is 23.8 Å². The van der Waals surface area contributed by atoms with Gasteiger partial charge >= 0.3 is 5.97 Å². The maximum atomic E-state index is 11.6. The summed E-state index contributed by atoms with van der Waals surface area (Å²) in [5, 5.41) is 10.2. The molecule has 1 aliphatic rings. The summed E-state index contributed by atoms with van der Waals surface area (Å²) in [7, 11) is 0. The highest BCUT2D eigenvalue weighted by Gasteiger charge is 2.38. The third-order valence-corrected chi connectivity index (χ3v) is 3.84. The van der Waals surface area contributed by atoms with E-state index in [1.807, 2.05) is 24.3 Å². The van der Waals surface area contributed by atoms with Crippen molar-refractivity contribution in [3.63, 3.8) is 0 Å². The normalized spacial score (nSPS) is 26.3. The standard InChI is InChI=1S/C15H21NO3/c1-2-19-14(18)9-10-7-8-13(17)15(10)11-5-3-4-6-12(11)16/h3-6,10,13,15,17H,2,7-9,16H2,1H3. The lowest BCUT2D eigenvalue weighted by Crippen LogP contribution is -2.21. The lowest BCUT2D eigenvalue weighted by Gasteiger charge is -2.23. The van der Waals surface area contributed by atoms with Crippen molar-refractivity contribution in [1.29, 1.82) is 0 Å². The number of nitrogens with two attached hydrogens (primary N) is 1. The SMILES string of the molecule is CCOC(=O)CC1CCC(O)C1c1ccccc1N. The number of ether oxygens (including phenoxy) is 1. The van der Waals surface area contributed by atoms with Gasteiger partial charge in [0.15, 0.2) is 0 Å². The molecule has 3 unspecified atom stereocenters. The van der Waals surface area contributed by atoms with Gasteiger partial charge in [0.2, 0.25) is 0 Å². The molecule has 1 aliphatic carbocycles. The van der Waals surface area contributed by atoms with Crippen LogP contribution < -0.4 is 5.73 Å². The Morgan fingerprint density at radius 2 is 2.16 bits per heavy atom. The number of esters is 1. The van der Waals surface area contributed by atoms with Crippen LogP contribution in [0.25, 0.3) is 0 Å². The molecule has 3 N–H and O–H groups in total. The average molecular weight is 263 g/mol. The molecule has 0 heterocycles. The molecule has 4 heteroatoms. The summed E-state index contributed by atoms with van der Waals surface area (Å²) in [4.78, 5) is 11.6. The van der Waals surface area contributed by atoms with E-state index < -0.39 is 6.10 Å². The van der Waals surface area contributed by atoms with Gasteiger partial charge in [0.05, 0.1) is 12.7 Å². The van der Waals surface area contributed by atoms with Gasteiger partial charge in [-0.2, -0.15) is 0 Å². The highest BCUT2D eigenvalue weighted by molar-refractivity contribution is 5.70. The van der Waals surface area contributed by atoms with Crippen LogP contribution in [0.15, 0.2) is 24.3 Å². The van der Waals surface area contributed by atoms with Gasteiger partial charge in [-0.15, -0.1) is 0 Å². The Morgan fingerprint density at radius 1 is 1.42 bits per heavy atom. The number of para-hydroxylation sites is 1. The molecule has 0 saturated heterocycles. The molecule has 4 nitrogen and oxygen atoms in total. The number of hydrogen-bond acceptors (Lipinski definition) is 4. The molecule has 0 amide bonds. The summed E-state index contributed by atoms with van der Waals surface area (Å²) >= 11 is 0. The van der Waals surface area contributed by atoms with Crippen LogP contribution in [0.4, 0.5) is 5.69 Å². The second-order valence-electron chi connectivity index (χ2n) is 5.07. The van der Waals surface area contributed by atoms with Crippen molar-refractivity contribution < 1.29 is 14.6 Å². The third kappa shape index (κ3) is 3.07. The van der Waals surface area contributed by atoms with Gasteiger partial charge in [-0.3, -0.25) is 4.79 Å². The molecule has 0 spiro atoms. The Morgan fingerprint density at radius 3 is 2.84 bits per heavy atom. The Kier molecular flexibility index (Phi) is 4.43. The number of hydrogen-bond donors (Lipinski definition) is 2. The Labute approximate surface area is 113 Å². The number of carbonyl (C=O) groups is 1. The maximum absolute atomic E-state index is 11.6. The van der Waals surface area contributed by atoms with Crippen molar-refractivity contribution in [1.82, 2.24) is 0 Å². The minimum absolute atomic E-state index is 0.0643. The van der Waals surface area contributed by atoms with Crippen LogP contribution in [0.5, 0.6) is 0 Å². The number of aliphatic hydroxyl groups is 1. The Bertz CT molecular complexity index is 447. The molecular weight excluding hydrogens is 242 g/mol. The highest BCUT2D eigenvalue weighted by atomic mass is 16.5. The van der Waals surface area contributed by atoms with Crippen molar-refractivity contribution in [3.05, 3.63) is 29.8 Å².